The number of hydrogen-bond donors (Lipinski definition) is 1. The summed E-state index contributed by atoms with van der Waals surface area (Å²) in [5.74, 6) is -0.786. The highest BCUT2D eigenvalue weighted by molar-refractivity contribution is 5.94. The summed E-state index contributed by atoms with van der Waals surface area (Å²) in [5, 5.41) is 3.76. The molecule has 0 fully saturated rings. The van der Waals surface area contributed by atoms with Crippen LogP contribution >= 0.6 is 0 Å². The van der Waals surface area contributed by atoms with Crippen molar-refractivity contribution >= 4 is 12.1 Å². The van der Waals surface area contributed by atoms with Gasteiger partial charge in [0.05, 0.1) is 11.9 Å². The van der Waals surface area contributed by atoms with Gasteiger partial charge in [-0.15, -0.1) is 0 Å². The van der Waals surface area contributed by atoms with Crippen LogP contribution in [0.2, 0.25) is 0 Å². The molecule has 0 unspecified atom stereocenters. The Labute approximate surface area is 109 Å². The maximum absolute atomic E-state index is 12.7. The van der Waals surface area contributed by atoms with Crippen LogP contribution in [0.3, 0.4) is 0 Å². The van der Waals surface area contributed by atoms with E-state index in [0.717, 1.165) is 0 Å². The summed E-state index contributed by atoms with van der Waals surface area (Å²) in [6.07, 6.45) is 3.06. The largest absolute Gasteiger partial charge is 0.412 e. The maximum atomic E-state index is 12.7. The zero-order chi connectivity index (χ0) is 12.8. The fourth-order valence-corrected chi connectivity index (χ4v) is 1.28. The van der Waals surface area contributed by atoms with Crippen LogP contribution in [0.25, 0.3) is 0 Å². The number of amides is 1. The Bertz CT molecular complexity index is 556. The molecule has 0 spiro atoms. The standard InChI is InChI=1S/C13H10FN3O.H2O/c14-11-6-4-10(5-7-11)13(18)17-16-9-12-3-1-2-8-15-12;/h1-9H,(H,17,18);1H2/b16-9+;. The summed E-state index contributed by atoms with van der Waals surface area (Å²) in [4.78, 5) is 15.6. The summed E-state index contributed by atoms with van der Waals surface area (Å²) in [6.45, 7) is 0. The predicted octanol–water partition coefficient (Wildman–Crippen LogP) is 1.16. The average molecular weight is 261 g/mol. The van der Waals surface area contributed by atoms with E-state index in [1.165, 1.54) is 30.5 Å². The molecule has 0 aliphatic carbocycles. The van der Waals surface area contributed by atoms with E-state index >= 15 is 0 Å². The number of benzene rings is 1. The molecule has 0 atom stereocenters. The van der Waals surface area contributed by atoms with Crippen molar-refractivity contribution in [3.63, 3.8) is 0 Å². The zero-order valence-corrected chi connectivity index (χ0v) is 9.88. The van der Waals surface area contributed by atoms with Crippen LogP contribution in [-0.2, 0) is 0 Å². The highest BCUT2D eigenvalue weighted by Gasteiger charge is 2.03. The summed E-state index contributed by atoms with van der Waals surface area (Å²) < 4.78 is 12.7. The minimum atomic E-state index is -0.401. The fourth-order valence-electron chi connectivity index (χ4n) is 1.28. The molecular weight excluding hydrogens is 249 g/mol. The lowest BCUT2D eigenvalue weighted by atomic mass is 10.2. The number of nitrogens with one attached hydrogen (secondary N) is 1. The Morgan fingerprint density at radius 1 is 1.21 bits per heavy atom. The topological polar surface area (TPSA) is 85.9 Å². The highest BCUT2D eigenvalue weighted by atomic mass is 19.1. The average Bonchev–Trinajstić information content (AvgIpc) is 2.40. The minimum absolute atomic E-state index is 0. The number of pyridine rings is 1. The second kappa shape index (κ2) is 6.97. The second-order valence-electron chi connectivity index (χ2n) is 3.46. The van der Waals surface area contributed by atoms with Gasteiger partial charge in [-0.25, -0.2) is 9.82 Å². The first-order valence-electron chi connectivity index (χ1n) is 5.26. The van der Waals surface area contributed by atoms with Crippen LogP contribution in [0.15, 0.2) is 53.8 Å². The Balaban J connectivity index is 0.00000180. The third kappa shape index (κ3) is 4.29. The molecule has 0 saturated heterocycles. The Kier molecular flexibility index (Phi) is 5.31. The quantitative estimate of drug-likeness (QED) is 0.664. The molecular formula is C13H12FN3O2. The van der Waals surface area contributed by atoms with E-state index in [2.05, 4.69) is 15.5 Å². The number of hydrogen-bond acceptors (Lipinski definition) is 3. The third-order valence-corrected chi connectivity index (χ3v) is 2.16. The molecule has 0 aliphatic heterocycles. The first-order chi connectivity index (χ1) is 8.75. The number of rotatable bonds is 3. The van der Waals surface area contributed by atoms with Crippen molar-refractivity contribution in [2.45, 2.75) is 0 Å². The zero-order valence-electron chi connectivity index (χ0n) is 9.88. The molecule has 0 bridgehead atoms. The van der Waals surface area contributed by atoms with Gasteiger partial charge in [0.25, 0.3) is 5.91 Å². The van der Waals surface area contributed by atoms with Gasteiger partial charge in [0, 0.05) is 11.8 Å². The molecule has 1 amide bonds. The second-order valence-corrected chi connectivity index (χ2v) is 3.46. The predicted molar refractivity (Wildman–Crippen MR) is 69.3 cm³/mol. The van der Waals surface area contributed by atoms with Crippen molar-refractivity contribution in [1.29, 1.82) is 0 Å². The number of hydrazone groups is 1. The molecule has 1 heterocycles. The molecule has 3 N–H and O–H groups in total. The van der Waals surface area contributed by atoms with Crippen molar-refractivity contribution in [1.82, 2.24) is 10.4 Å². The minimum Gasteiger partial charge on any atom is -0.412 e. The van der Waals surface area contributed by atoms with Crippen molar-refractivity contribution < 1.29 is 14.7 Å². The highest BCUT2D eigenvalue weighted by Crippen LogP contribution is 2.02. The molecule has 0 aliphatic rings. The van der Waals surface area contributed by atoms with Crippen LogP contribution in [-0.4, -0.2) is 22.6 Å². The number of aromatic nitrogens is 1. The summed E-state index contributed by atoms with van der Waals surface area (Å²) in [6, 6.07) is 10.6. The van der Waals surface area contributed by atoms with E-state index in [-0.39, 0.29) is 11.3 Å². The molecule has 2 aromatic rings. The lowest BCUT2D eigenvalue weighted by molar-refractivity contribution is 0.0955. The van der Waals surface area contributed by atoms with E-state index in [1.807, 2.05) is 6.07 Å². The normalized spacial score (nSPS) is 9.95. The molecule has 1 aromatic carbocycles. The van der Waals surface area contributed by atoms with Gasteiger partial charge in [0.1, 0.15) is 5.82 Å². The SMILES string of the molecule is O.O=C(N/N=C/c1ccccn1)c1ccc(F)cc1. The number of carbonyl (C=O) groups excluding carboxylic acids is 1. The smallest absolute Gasteiger partial charge is 0.271 e. The molecule has 19 heavy (non-hydrogen) atoms. The Hall–Kier alpha value is -2.60. The number of nitrogens with zero attached hydrogens (tertiary/aromatic N) is 2. The summed E-state index contributed by atoms with van der Waals surface area (Å²) >= 11 is 0. The molecule has 0 radical (unpaired) electrons. The molecule has 1 aromatic heterocycles. The van der Waals surface area contributed by atoms with Crippen molar-refractivity contribution in [3.8, 4) is 0 Å². The first kappa shape index (κ1) is 14.5. The van der Waals surface area contributed by atoms with Gasteiger partial charge in [0.2, 0.25) is 0 Å². The van der Waals surface area contributed by atoms with Crippen molar-refractivity contribution in [3.05, 3.63) is 65.7 Å². The fraction of sp³-hybridized carbons (Fsp3) is 0. The van der Waals surface area contributed by atoms with Gasteiger partial charge in [-0.2, -0.15) is 5.10 Å². The summed E-state index contributed by atoms with van der Waals surface area (Å²) in [5.41, 5.74) is 3.31. The van der Waals surface area contributed by atoms with E-state index < -0.39 is 5.91 Å². The van der Waals surface area contributed by atoms with Gasteiger partial charge in [-0.1, -0.05) is 6.07 Å². The number of halogens is 1. The van der Waals surface area contributed by atoms with Gasteiger partial charge >= 0.3 is 0 Å². The van der Waals surface area contributed by atoms with Gasteiger partial charge in [-0.3, -0.25) is 9.78 Å². The molecule has 98 valence electrons. The van der Waals surface area contributed by atoms with Crippen LogP contribution in [0.1, 0.15) is 16.1 Å². The molecule has 6 heteroatoms. The van der Waals surface area contributed by atoms with E-state index in [1.54, 1.807) is 18.3 Å². The summed E-state index contributed by atoms with van der Waals surface area (Å²) in [7, 11) is 0. The third-order valence-electron chi connectivity index (χ3n) is 2.16. The van der Waals surface area contributed by atoms with Crippen LogP contribution < -0.4 is 5.43 Å². The molecule has 0 saturated carbocycles. The van der Waals surface area contributed by atoms with Crippen molar-refractivity contribution in [2.75, 3.05) is 0 Å². The van der Waals surface area contributed by atoms with Crippen LogP contribution in [0.5, 0.6) is 0 Å². The van der Waals surface area contributed by atoms with Crippen LogP contribution in [0.4, 0.5) is 4.39 Å². The van der Waals surface area contributed by atoms with Gasteiger partial charge < -0.3 is 5.48 Å². The van der Waals surface area contributed by atoms with E-state index in [9.17, 15) is 9.18 Å². The maximum Gasteiger partial charge on any atom is 0.271 e. The first-order valence-corrected chi connectivity index (χ1v) is 5.26. The lowest BCUT2D eigenvalue weighted by Crippen LogP contribution is -2.17. The molecule has 2 rings (SSSR count). The lowest BCUT2D eigenvalue weighted by Gasteiger charge is -1.99. The van der Waals surface area contributed by atoms with E-state index in [4.69, 9.17) is 0 Å². The van der Waals surface area contributed by atoms with Gasteiger partial charge in [0.15, 0.2) is 0 Å². The number of carbonyl (C=O) groups is 1. The Morgan fingerprint density at radius 2 is 1.95 bits per heavy atom. The monoisotopic (exact) mass is 261 g/mol. The van der Waals surface area contributed by atoms with Crippen molar-refractivity contribution in [2.24, 2.45) is 5.10 Å². The molecule has 5 nitrogen and oxygen atoms in total. The van der Waals surface area contributed by atoms with Crippen LogP contribution in [0, 0.1) is 5.82 Å². The van der Waals surface area contributed by atoms with E-state index in [0.29, 0.717) is 11.3 Å². The Morgan fingerprint density at radius 3 is 2.58 bits per heavy atom. The van der Waals surface area contributed by atoms with Gasteiger partial charge in [-0.05, 0) is 36.4 Å².